The number of ketones is 1. The monoisotopic (exact) mass is 398 g/mol. The Morgan fingerprint density at radius 2 is 1.39 bits per heavy atom. The van der Waals surface area contributed by atoms with E-state index in [1.807, 2.05) is 48.5 Å². The lowest BCUT2D eigenvalue weighted by Gasteiger charge is -2.29. The summed E-state index contributed by atoms with van der Waals surface area (Å²) in [6.45, 7) is 3.91. The molecule has 5 nitrogen and oxygen atoms in total. The molecular weight excluding hydrogens is 376 g/mol. The van der Waals surface area contributed by atoms with E-state index in [0.717, 1.165) is 49.1 Å². The maximum Gasteiger partial charge on any atom is 0.328 e. The second-order valence-electron chi connectivity index (χ2n) is 6.32. The molecule has 0 spiro atoms. The summed E-state index contributed by atoms with van der Waals surface area (Å²) in [5, 5.41) is 12.0. The van der Waals surface area contributed by atoms with E-state index in [2.05, 4.69) is 10.2 Å². The van der Waals surface area contributed by atoms with Gasteiger partial charge in [-0.3, -0.25) is 4.79 Å². The Morgan fingerprint density at radius 3 is 1.93 bits per heavy atom. The third-order valence-corrected chi connectivity index (χ3v) is 4.42. The minimum Gasteiger partial charge on any atom is -0.478 e. The average Bonchev–Trinajstić information content (AvgIpc) is 2.72. The Bertz CT molecular complexity index is 852. The van der Waals surface area contributed by atoms with Gasteiger partial charge in [0, 0.05) is 43.5 Å². The van der Waals surface area contributed by atoms with Gasteiger partial charge in [-0.05, 0) is 47.5 Å². The van der Waals surface area contributed by atoms with Gasteiger partial charge in [-0.1, -0.05) is 30.3 Å². The van der Waals surface area contributed by atoms with E-state index < -0.39 is 5.97 Å². The normalized spacial score (nSPS) is 14.2. The zero-order valence-corrected chi connectivity index (χ0v) is 16.2. The molecule has 0 aromatic heterocycles. The van der Waals surface area contributed by atoms with Gasteiger partial charge < -0.3 is 15.3 Å². The number of halogens is 1. The number of carbonyl (C=O) groups excluding carboxylic acids is 1. The molecule has 0 amide bonds. The van der Waals surface area contributed by atoms with Gasteiger partial charge in [0.05, 0.1) is 0 Å². The van der Waals surface area contributed by atoms with Crippen LogP contribution in [0.2, 0.25) is 0 Å². The first-order valence-electron chi connectivity index (χ1n) is 8.91. The minimum absolute atomic E-state index is 0. The Balaban J connectivity index is 0.00000280. The van der Waals surface area contributed by atoms with Crippen molar-refractivity contribution in [3.05, 3.63) is 77.4 Å². The highest BCUT2D eigenvalue weighted by Gasteiger charge is 2.10. The smallest absolute Gasteiger partial charge is 0.328 e. The number of nitrogens with zero attached hydrogens (tertiary/aromatic N) is 1. The topological polar surface area (TPSA) is 69.6 Å². The summed E-state index contributed by atoms with van der Waals surface area (Å²) in [4.78, 5) is 25.2. The van der Waals surface area contributed by atoms with E-state index in [9.17, 15) is 9.59 Å². The number of hydrogen-bond acceptors (Lipinski definition) is 4. The SMILES string of the molecule is Cl.O=C(O)/C=C/c1ccc(/C=C/C(=O)c2ccc(N3CCNCC3)cc2)cc1. The quantitative estimate of drug-likeness (QED) is 0.575. The molecule has 0 radical (unpaired) electrons. The van der Waals surface area contributed by atoms with Crippen molar-refractivity contribution in [3.63, 3.8) is 0 Å². The number of nitrogens with one attached hydrogen (secondary N) is 1. The first-order chi connectivity index (χ1) is 13.1. The Morgan fingerprint density at radius 1 is 0.857 bits per heavy atom. The van der Waals surface area contributed by atoms with Gasteiger partial charge in [0.25, 0.3) is 0 Å². The number of carboxylic acids is 1. The fraction of sp³-hybridized carbons (Fsp3) is 0.182. The molecule has 1 aliphatic heterocycles. The van der Waals surface area contributed by atoms with Crippen LogP contribution >= 0.6 is 12.4 Å². The largest absolute Gasteiger partial charge is 0.478 e. The van der Waals surface area contributed by atoms with Crippen LogP contribution in [0.25, 0.3) is 12.2 Å². The van der Waals surface area contributed by atoms with Crippen molar-refractivity contribution in [1.82, 2.24) is 5.32 Å². The molecule has 0 aliphatic carbocycles. The molecule has 2 aromatic carbocycles. The van der Waals surface area contributed by atoms with E-state index in [0.29, 0.717) is 5.56 Å². The predicted molar refractivity (Wildman–Crippen MR) is 115 cm³/mol. The second-order valence-corrected chi connectivity index (χ2v) is 6.32. The van der Waals surface area contributed by atoms with Crippen molar-refractivity contribution in [3.8, 4) is 0 Å². The van der Waals surface area contributed by atoms with Crippen LogP contribution in [0.4, 0.5) is 5.69 Å². The zero-order chi connectivity index (χ0) is 19.1. The molecular formula is C22H23ClN2O3. The summed E-state index contributed by atoms with van der Waals surface area (Å²) in [7, 11) is 0. The summed E-state index contributed by atoms with van der Waals surface area (Å²) in [6.07, 6.45) is 5.94. The third-order valence-electron chi connectivity index (χ3n) is 4.42. The minimum atomic E-state index is -0.979. The molecule has 1 heterocycles. The summed E-state index contributed by atoms with van der Waals surface area (Å²) in [5.41, 5.74) is 3.48. The fourth-order valence-electron chi connectivity index (χ4n) is 2.91. The number of rotatable bonds is 6. The molecule has 0 atom stereocenters. The zero-order valence-electron chi connectivity index (χ0n) is 15.4. The molecule has 2 aromatic rings. The van der Waals surface area contributed by atoms with Crippen molar-refractivity contribution in [2.75, 3.05) is 31.1 Å². The van der Waals surface area contributed by atoms with E-state index >= 15 is 0 Å². The lowest BCUT2D eigenvalue weighted by molar-refractivity contribution is -0.131. The number of anilines is 1. The van der Waals surface area contributed by atoms with Crippen molar-refractivity contribution >= 4 is 42.0 Å². The third kappa shape index (κ3) is 6.08. The van der Waals surface area contributed by atoms with Crippen molar-refractivity contribution in [2.24, 2.45) is 0 Å². The maximum atomic E-state index is 12.4. The lowest BCUT2D eigenvalue weighted by Crippen LogP contribution is -2.43. The number of allylic oxidation sites excluding steroid dienone is 1. The van der Waals surface area contributed by atoms with Crippen LogP contribution in [0.3, 0.4) is 0 Å². The van der Waals surface area contributed by atoms with Crippen LogP contribution in [0, 0.1) is 0 Å². The van der Waals surface area contributed by atoms with E-state index in [1.165, 1.54) is 6.08 Å². The Hall–Kier alpha value is -2.89. The number of piperazine rings is 1. The predicted octanol–water partition coefficient (Wildman–Crippen LogP) is 3.51. The molecule has 28 heavy (non-hydrogen) atoms. The Labute approximate surface area is 170 Å². The van der Waals surface area contributed by atoms with Crippen LogP contribution in [-0.2, 0) is 4.79 Å². The van der Waals surface area contributed by atoms with Crippen molar-refractivity contribution in [1.29, 1.82) is 0 Å². The van der Waals surface area contributed by atoms with Crippen molar-refractivity contribution in [2.45, 2.75) is 0 Å². The number of aliphatic carboxylic acids is 1. The highest BCUT2D eigenvalue weighted by molar-refractivity contribution is 6.07. The van der Waals surface area contributed by atoms with Crippen LogP contribution in [-0.4, -0.2) is 43.0 Å². The number of carbonyl (C=O) groups is 2. The van der Waals surface area contributed by atoms with Gasteiger partial charge in [-0.25, -0.2) is 4.79 Å². The summed E-state index contributed by atoms with van der Waals surface area (Å²) < 4.78 is 0. The molecule has 3 rings (SSSR count). The number of carboxylic acid groups (broad SMARTS) is 1. The van der Waals surface area contributed by atoms with Crippen LogP contribution in [0.5, 0.6) is 0 Å². The van der Waals surface area contributed by atoms with Crippen LogP contribution in [0.1, 0.15) is 21.5 Å². The highest BCUT2D eigenvalue weighted by atomic mass is 35.5. The molecule has 1 fully saturated rings. The second kappa shape index (κ2) is 10.4. The molecule has 1 saturated heterocycles. The number of hydrogen-bond donors (Lipinski definition) is 2. The molecule has 2 N–H and O–H groups in total. The van der Waals surface area contributed by atoms with Crippen LogP contribution < -0.4 is 10.2 Å². The first kappa shape index (κ1) is 21.4. The van der Waals surface area contributed by atoms with Crippen molar-refractivity contribution < 1.29 is 14.7 Å². The lowest BCUT2D eigenvalue weighted by atomic mass is 10.1. The molecule has 0 saturated carbocycles. The molecule has 0 unspecified atom stereocenters. The molecule has 146 valence electrons. The molecule has 0 bridgehead atoms. The average molecular weight is 399 g/mol. The first-order valence-corrected chi connectivity index (χ1v) is 8.91. The maximum absolute atomic E-state index is 12.4. The van der Waals surface area contributed by atoms with Gasteiger partial charge in [0.15, 0.2) is 5.78 Å². The van der Waals surface area contributed by atoms with Gasteiger partial charge >= 0.3 is 5.97 Å². The molecule has 1 aliphatic rings. The Kier molecular flexibility index (Phi) is 7.99. The number of benzene rings is 2. The van der Waals surface area contributed by atoms with E-state index in [1.54, 1.807) is 12.2 Å². The van der Waals surface area contributed by atoms with E-state index in [4.69, 9.17) is 5.11 Å². The van der Waals surface area contributed by atoms with Gasteiger partial charge in [-0.2, -0.15) is 0 Å². The molecule has 6 heteroatoms. The van der Waals surface area contributed by atoms with Gasteiger partial charge in [0.1, 0.15) is 0 Å². The van der Waals surface area contributed by atoms with Crippen LogP contribution in [0.15, 0.2) is 60.7 Å². The fourth-order valence-corrected chi connectivity index (χ4v) is 2.91. The standard InChI is InChI=1S/C22H22N2O3.ClH/c25-21(11-5-17-1-3-18(4-2-17)6-12-22(26)27)19-7-9-20(10-8-19)24-15-13-23-14-16-24;/h1-12,23H,13-16H2,(H,26,27);1H/b11-5+,12-6+;. The summed E-state index contributed by atoms with van der Waals surface area (Å²) >= 11 is 0. The summed E-state index contributed by atoms with van der Waals surface area (Å²) in [5.74, 6) is -1.02. The summed E-state index contributed by atoms with van der Waals surface area (Å²) in [6, 6.07) is 15.0. The van der Waals surface area contributed by atoms with Gasteiger partial charge in [0.2, 0.25) is 0 Å². The van der Waals surface area contributed by atoms with E-state index in [-0.39, 0.29) is 18.2 Å². The van der Waals surface area contributed by atoms with Gasteiger partial charge in [-0.15, -0.1) is 12.4 Å². The highest BCUT2D eigenvalue weighted by Crippen LogP contribution is 2.17.